The molecule has 0 unspecified atom stereocenters. The molecule has 0 saturated carbocycles. The highest BCUT2D eigenvalue weighted by atomic mass is 28.4. The van der Waals surface area contributed by atoms with Crippen molar-refractivity contribution in [2.75, 3.05) is 26.4 Å². The first kappa shape index (κ1) is 20.5. The van der Waals surface area contributed by atoms with Gasteiger partial charge in [-0.2, -0.15) is 0 Å². The van der Waals surface area contributed by atoms with Crippen LogP contribution >= 0.6 is 0 Å². The van der Waals surface area contributed by atoms with Gasteiger partial charge in [0.15, 0.2) is 0 Å². The van der Waals surface area contributed by atoms with Crippen LogP contribution in [0.4, 0.5) is 0 Å². The molecule has 0 aliphatic rings. The Kier molecular flexibility index (Phi) is 10.6. The van der Waals surface area contributed by atoms with Crippen molar-refractivity contribution in [3.05, 3.63) is 18.7 Å². The molecule has 0 aliphatic carbocycles. The van der Waals surface area contributed by atoms with Crippen molar-refractivity contribution in [3.8, 4) is 0 Å². The average Bonchev–Trinajstić information content (AvgIpc) is 3.01. The molecule has 0 bridgehead atoms. The van der Waals surface area contributed by atoms with Crippen LogP contribution in [-0.2, 0) is 28.4 Å². The zero-order chi connectivity index (χ0) is 17.0. The van der Waals surface area contributed by atoms with Crippen LogP contribution in [0, 0.1) is 0 Å². The summed E-state index contributed by atoms with van der Waals surface area (Å²) in [4.78, 5) is 4.05. The molecular weight excluding hydrogens is 332 g/mol. The summed E-state index contributed by atoms with van der Waals surface area (Å²) in [6.45, 7) is 10.9. The van der Waals surface area contributed by atoms with Gasteiger partial charge in [0.2, 0.25) is 0 Å². The highest BCUT2D eigenvalue weighted by Gasteiger charge is 2.43. The van der Waals surface area contributed by atoms with Crippen molar-refractivity contribution in [2.24, 2.45) is 0 Å². The van der Waals surface area contributed by atoms with Crippen LogP contribution in [-0.4, -0.2) is 54.3 Å². The molecule has 0 spiro atoms. The first-order valence-corrected chi connectivity index (χ1v) is 11.7. The molecule has 7 nitrogen and oxygen atoms in total. The number of rotatable bonds is 14. The van der Waals surface area contributed by atoms with E-state index in [1.165, 1.54) is 0 Å². The lowest BCUT2D eigenvalue weighted by molar-refractivity contribution is 0.0689. The first-order chi connectivity index (χ1) is 11.2. The van der Waals surface area contributed by atoms with Gasteiger partial charge in [-0.3, -0.25) is 0 Å². The van der Waals surface area contributed by atoms with Crippen molar-refractivity contribution in [1.29, 1.82) is 0 Å². The van der Waals surface area contributed by atoms with E-state index in [0.717, 1.165) is 19.0 Å². The third-order valence-corrected chi connectivity index (χ3v) is 8.91. The van der Waals surface area contributed by atoms with Crippen molar-refractivity contribution in [3.63, 3.8) is 0 Å². The first-order valence-electron chi connectivity index (χ1n) is 8.34. The number of nitrogens with zero attached hydrogens (tertiary/aromatic N) is 2. The topological polar surface area (TPSA) is 64.0 Å². The largest absolute Gasteiger partial charge is 0.493 e. The number of hydrogen-bond donors (Lipinski definition) is 0. The molecule has 0 fully saturated rings. The molecule has 1 rings (SSSR count). The van der Waals surface area contributed by atoms with E-state index in [1.54, 1.807) is 6.20 Å². The summed E-state index contributed by atoms with van der Waals surface area (Å²) in [6.07, 6.45) is 6.42. The molecule has 134 valence electrons. The van der Waals surface area contributed by atoms with Crippen LogP contribution in [0.25, 0.3) is 0 Å². The molecule has 9 heteroatoms. The van der Waals surface area contributed by atoms with E-state index in [4.69, 9.17) is 21.8 Å². The molecule has 0 radical (unpaired) electrons. The number of hydrogen-bond acceptors (Lipinski definition) is 6. The summed E-state index contributed by atoms with van der Waals surface area (Å²) in [5, 5.41) is 0. The third kappa shape index (κ3) is 7.70. The minimum atomic E-state index is -2.79. The lowest BCUT2D eigenvalue weighted by atomic mass is 10.5. The van der Waals surface area contributed by atoms with E-state index in [1.807, 2.05) is 44.8 Å². The fourth-order valence-corrected chi connectivity index (χ4v) is 7.40. The summed E-state index contributed by atoms with van der Waals surface area (Å²) < 4.78 is 31.4. The van der Waals surface area contributed by atoms with E-state index in [2.05, 4.69) is 4.98 Å². The van der Waals surface area contributed by atoms with Gasteiger partial charge in [-0.05, 0) is 34.1 Å². The van der Waals surface area contributed by atoms with Gasteiger partial charge in [0.1, 0.15) is 0 Å². The second kappa shape index (κ2) is 11.9. The van der Waals surface area contributed by atoms with Gasteiger partial charge >= 0.3 is 18.3 Å². The van der Waals surface area contributed by atoms with E-state index in [-0.39, 0.29) is 0 Å². The molecular formula is C14H30N2O5Si2. The maximum absolute atomic E-state index is 6.18. The third-order valence-electron chi connectivity index (χ3n) is 3.07. The minimum absolute atomic E-state index is 0.552. The summed E-state index contributed by atoms with van der Waals surface area (Å²) in [7, 11) is -5.02. The number of aromatic nitrogens is 2. The van der Waals surface area contributed by atoms with E-state index < -0.39 is 18.3 Å². The van der Waals surface area contributed by atoms with E-state index in [0.29, 0.717) is 26.4 Å². The molecule has 1 aromatic rings. The van der Waals surface area contributed by atoms with E-state index >= 15 is 0 Å². The number of aryl methyl sites for hydroxylation is 1. The van der Waals surface area contributed by atoms with Gasteiger partial charge in [-0.1, -0.05) is 0 Å². The fraction of sp³-hybridized carbons (Fsp3) is 0.786. The molecule has 1 heterocycles. The van der Waals surface area contributed by atoms with Crippen LogP contribution in [0.5, 0.6) is 0 Å². The van der Waals surface area contributed by atoms with Gasteiger partial charge < -0.3 is 26.4 Å². The monoisotopic (exact) mass is 362 g/mol. The van der Waals surface area contributed by atoms with Gasteiger partial charge in [0.25, 0.3) is 0 Å². The van der Waals surface area contributed by atoms with Crippen molar-refractivity contribution in [2.45, 2.75) is 46.7 Å². The Morgan fingerprint density at radius 2 is 1.65 bits per heavy atom. The minimum Gasteiger partial charge on any atom is -0.377 e. The standard InChI is InChI=1S/C14H30N2O5Si2/c1-5-17-22(18-6-2)21-23(19-7-3,20-8-4)13-9-11-16-12-10-15-14-16/h10,12,14,22H,5-9,11,13H2,1-4H3. The SMILES string of the molecule is CCO[SiH](OCC)O[Si](CCCn1ccnc1)(OCC)OCC. The Balaban J connectivity index is 2.68. The Labute approximate surface area is 142 Å². The normalized spacial score (nSPS) is 12.2. The summed E-state index contributed by atoms with van der Waals surface area (Å²) in [6, 6.07) is 0.733. The summed E-state index contributed by atoms with van der Waals surface area (Å²) >= 11 is 0. The molecule has 0 atom stereocenters. The predicted octanol–water partition coefficient (Wildman–Crippen LogP) is 2.09. The van der Waals surface area contributed by atoms with Crippen molar-refractivity contribution >= 4 is 18.3 Å². The van der Waals surface area contributed by atoms with Crippen LogP contribution in [0.2, 0.25) is 6.04 Å². The van der Waals surface area contributed by atoms with Gasteiger partial charge in [0.05, 0.1) is 6.33 Å². The van der Waals surface area contributed by atoms with E-state index in [9.17, 15) is 0 Å². The van der Waals surface area contributed by atoms with Crippen LogP contribution in [0.3, 0.4) is 0 Å². The molecule has 0 saturated heterocycles. The second-order valence-electron chi connectivity index (χ2n) is 4.77. The summed E-state index contributed by atoms with van der Waals surface area (Å²) in [5.74, 6) is 0. The number of imidazole rings is 1. The van der Waals surface area contributed by atoms with Crippen LogP contribution in [0.1, 0.15) is 34.1 Å². The maximum Gasteiger partial charge on any atom is 0.493 e. The quantitative estimate of drug-likeness (QED) is 0.472. The van der Waals surface area contributed by atoms with Gasteiger partial charge in [-0.25, -0.2) is 4.98 Å². The van der Waals surface area contributed by atoms with Gasteiger partial charge in [0, 0.05) is 51.4 Å². The smallest absolute Gasteiger partial charge is 0.377 e. The zero-order valence-corrected chi connectivity index (χ0v) is 16.8. The Bertz CT molecular complexity index is 383. The average molecular weight is 363 g/mol. The summed E-state index contributed by atoms with van der Waals surface area (Å²) in [5.41, 5.74) is 0. The molecule has 1 aromatic heterocycles. The van der Waals surface area contributed by atoms with Crippen LogP contribution in [0.15, 0.2) is 18.7 Å². The molecule has 0 amide bonds. The zero-order valence-electron chi connectivity index (χ0n) is 14.7. The molecule has 0 N–H and O–H groups in total. The van der Waals surface area contributed by atoms with Crippen LogP contribution < -0.4 is 0 Å². The van der Waals surface area contributed by atoms with Gasteiger partial charge in [-0.15, -0.1) is 0 Å². The highest BCUT2D eigenvalue weighted by Crippen LogP contribution is 2.20. The fourth-order valence-electron chi connectivity index (χ4n) is 2.18. The Hall–Kier alpha value is -0.556. The van der Waals surface area contributed by atoms with Crippen molar-refractivity contribution in [1.82, 2.24) is 9.55 Å². The van der Waals surface area contributed by atoms with Crippen molar-refractivity contribution < 1.29 is 21.8 Å². The highest BCUT2D eigenvalue weighted by molar-refractivity contribution is 6.67. The Morgan fingerprint density at radius 1 is 1.00 bits per heavy atom. The second-order valence-corrected chi connectivity index (χ2v) is 9.40. The lowest BCUT2D eigenvalue weighted by Gasteiger charge is -2.31. The molecule has 23 heavy (non-hydrogen) atoms. The predicted molar refractivity (Wildman–Crippen MR) is 92.1 cm³/mol. The lowest BCUT2D eigenvalue weighted by Crippen LogP contribution is -2.51. The maximum atomic E-state index is 6.18. The molecule has 0 aromatic carbocycles. The molecule has 0 aliphatic heterocycles. The Morgan fingerprint density at radius 3 is 2.13 bits per heavy atom.